The molecule has 0 spiro atoms. The van der Waals surface area contributed by atoms with Crippen molar-refractivity contribution in [3.8, 4) is 0 Å². The number of benzene rings is 1. The molecular weight excluding hydrogens is 322 g/mol. The molecule has 0 unspecified atom stereocenters. The van der Waals surface area contributed by atoms with Crippen LogP contribution < -0.4 is 28.2 Å². The zero-order chi connectivity index (χ0) is 17.5. The minimum atomic E-state index is -4.94. The monoisotopic (exact) mass is 339 g/mol. The average molecular weight is 340 g/mol. The molecule has 0 atom stereocenters. The molecule has 0 aliphatic carbocycles. The Kier molecular flexibility index (Phi) is 7.08. The van der Waals surface area contributed by atoms with Crippen molar-refractivity contribution in [1.82, 2.24) is 0 Å². The van der Waals surface area contributed by atoms with Crippen LogP contribution in [-0.2, 0) is 0 Å². The van der Waals surface area contributed by atoms with E-state index < -0.39 is 10.2 Å². The van der Waals surface area contributed by atoms with Gasteiger partial charge in [0.25, 0.3) is 0 Å². The van der Waals surface area contributed by atoms with Gasteiger partial charge in [0.05, 0.1) is 0 Å². The summed E-state index contributed by atoms with van der Waals surface area (Å²) in [6.45, 7) is 2.03. The normalized spacial score (nSPS) is 11.1. The van der Waals surface area contributed by atoms with Gasteiger partial charge < -0.3 is 4.90 Å². The molecule has 8 heteroatoms. The molecule has 0 fully saturated rings. The van der Waals surface area contributed by atoms with Gasteiger partial charge in [0.1, 0.15) is 6.21 Å². The standard InChI is InChI=1S/C15H18N3.ClHO4/c1-13-6-4-5-11-18(13)16-12-14-7-9-15(10-8-14)17(2)3;2-1(3,4)5/h4-12H,1-3H3;(H,2,3,4,5)/q+1;/p-1. The van der Waals surface area contributed by atoms with Crippen LogP contribution in [0.15, 0.2) is 53.8 Å². The lowest BCUT2D eigenvalue weighted by Crippen LogP contribution is -2.68. The third-order valence-electron chi connectivity index (χ3n) is 2.78. The van der Waals surface area contributed by atoms with Gasteiger partial charge in [-0.15, -0.1) is 10.2 Å². The Morgan fingerprint density at radius 2 is 1.57 bits per heavy atom. The summed E-state index contributed by atoms with van der Waals surface area (Å²) >= 11 is 0. The zero-order valence-corrected chi connectivity index (χ0v) is 13.8. The van der Waals surface area contributed by atoms with Crippen molar-refractivity contribution >= 4 is 11.9 Å². The van der Waals surface area contributed by atoms with Crippen LogP contribution in [0.2, 0.25) is 0 Å². The predicted molar refractivity (Wildman–Crippen MR) is 75.1 cm³/mol. The summed E-state index contributed by atoms with van der Waals surface area (Å²) in [7, 11) is -0.876. The van der Waals surface area contributed by atoms with E-state index in [-0.39, 0.29) is 0 Å². The summed E-state index contributed by atoms with van der Waals surface area (Å²) < 4.78 is 35.8. The molecule has 0 amide bonds. The zero-order valence-electron chi connectivity index (χ0n) is 13.0. The van der Waals surface area contributed by atoms with Crippen LogP contribution >= 0.6 is 0 Å². The molecule has 1 aromatic heterocycles. The Bertz CT molecular complexity index is 634. The van der Waals surface area contributed by atoms with Gasteiger partial charge in [-0.1, -0.05) is 16.8 Å². The number of anilines is 1. The molecule has 0 bridgehead atoms. The number of halogens is 1. The second-order valence-corrected chi connectivity index (χ2v) is 5.55. The lowest BCUT2D eigenvalue weighted by Gasteiger charge is -2.17. The molecule has 0 aliphatic rings. The van der Waals surface area contributed by atoms with Crippen molar-refractivity contribution in [2.24, 2.45) is 5.10 Å². The van der Waals surface area contributed by atoms with Gasteiger partial charge in [0.2, 0.25) is 11.9 Å². The fraction of sp³-hybridized carbons (Fsp3) is 0.200. The van der Waals surface area contributed by atoms with Crippen molar-refractivity contribution in [2.45, 2.75) is 6.92 Å². The van der Waals surface area contributed by atoms with Gasteiger partial charge in [-0.2, -0.15) is 0 Å². The number of hydrogen-bond acceptors (Lipinski definition) is 6. The molecule has 124 valence electrons. The average Bonchev–Trinajstić information content (AvgIpc) is 2.45. The number of rotatable bonds is 3. The quantitative estimate of drug-likeness (QED) is 0.452. The van der Waals surface area contributed by atoms with Gasteiger partial charge in [0.15, 0.2) is 0 Å². The highest BCUT2D eigenvalue weighted by Crippen LogP contribution is 2.10. The second-order valence-electron chi connectivity index (χ2n) is 4.80. The molecule has 0 saturated carbocycles. The molecule has 0 aliphatic heterocycles. The fourth-order valence-electron chi connectivity index (χ4n) is 1.64. The van der Waals surface area contributed by atoms with E-state index in [0.29, 0.717) is 0 Å². The molecule has 1 heterocycles. The highest BCUT2D eigenvalue weighted by atomic mass is 35.7. The minimum Gasteiger partial charge on any atom is -0.378 e. The highest BCUT2D eigenvalue weighted by molar-refractivity contribution is 5.79. The Morgan fingerprint density at radius 1 is 1.00 bits per heavy atom. The Balaban J connectivity index is 0.000000463. The SMILES string of the molecule is Cc1cccc[n+]1N=Cc1ccc(N(C)C)cc1.[O-][Cl+3]([O-])([O-])[O-]. The first-order valence-corrected chi connectivity index (χ1v) is 7.81. The van der Waals surface area contributed by atoms with Crippen molar-refractivity contribution < 1.29 is 33.6 Å². The van der Waals surface area contributed by atoms with E-state index in [9.17, 15) is 0 Å². The van der Waals surface area contributed by atoms with Crippen LogP contribution in [0.5, 0.6) is 0 Å². The molecule has 2 rings (SSSR count). The van der Waals surface area contributed by atoms with E-state index in [2.05, 4.69) is 34.3 Å². The summed E-state index contributed by atoms with van der Waals surface area (Å²) in [4.78, 5) is 2.08. The van der Waals surface area contributed by atoms with Crippen molar-refractivity contribution in [2.75, 3.05) is 19.0 Å². The smallest absolute Gasteiger partial charge is 0.211 e. The number of aromatic nitrogens is 1. The molecule has 0 saturated heterocycles. The van der Waals surface area contributed by atoms with Gasteiger partial charge in [0, 0.05) is 38.8 Å². The Morgan fingerprint density at radius 3 is 2.04 bits per heavy atom. The molecule has 0 radical (unpaired) electrons. The summed E-state index contributed by atoms with van der Waals surface area (Å²) in [5.41, 5.74) is 3.39. The topological polar surface area (TPSA) is 112 Å². The molecule has 23 heavy (non-hydrogen) atoms. The summed E-state index contributed by atoms with van der Waals surface area (Å²) in [5.74, 6) is 0. The van der Waals surface area contributed by atoms with E-state index in [4.69, 9.17) is 18.6 Å². The maximum atomic E-state index is 8.49. The summed E-state index contributed by atoms with van der Waals surface area (Å²) in [6.07, 6.45) is 3.81. The summed E-state index contributed by atoms with van der Waals surface area (Å²) in [6, 6.07) is 14.3. The van der Waals surface area contributed by atoms with Crippen LogP contribution in [-0.4, -0.2) is 20.3 Å². The van der Waals surface area contributed by atoms with Crippen LogP contribution in [0.4, 0.5) is 5.69 Å². The van der Waals surface area contributed by atoms with Crippen molar-refractivity contribution in [1.29, 1.82) is 0 Å². The van der Waals surface area contributed by atoms with E-state index in [1.807, 2.05) is 56.3 Å². The first-order valence-electron chi connectivity index (χ1n) is 6.57. The van der Waals surface area contributed by atoms with Gasteiger partial charge in [-0.05, 0) is 28.9 Å². The van der Waals surface area contributed by atoms with E-state index in [1.54, 1.807) is 0 Å². The molecule has 0 N–H and O–H groups in total. The van der Waals surface area contributed by atoms with Gasteiger partial charge in [-0.25, -0.2) is 18.6 Å². The van der Waals surface area contributed by atoms with Crippen molar-refractivity contribution in [3.63, 3.8) is 0 Å². The van der Waals surface area contributed by atoms with E-state index in [0.717, 1.165) is 11.3 Å². The lowest BCUT2D eigenvalue weighted by atomic mass is 10.2. The molecule has 1 aromatic carbocycles. The third kappa shape index (κ3) is 8.24. The van der Waals surface area contributed by atoms with Gasteiger partial charge in [-0.3, -0.25) is 0 Å². The number of pyridine rings is 1. The van der Waals surface area contributed by atoms with Gasteiger partial charge >= 0.3 is 0 Å². The van der Waals surface area contributed by atoms with Crippen molar-refractivity contribution in [3.05, 3.63) is 59.9 Å². The molecule has 2 aromatic rings. The number of aryl methyl sites for hydroxylation is 1. The highest BCUT2D eigenvalue weighted by Gasteiger charge is 2.01. The van der Waals surface area contributed by atoms with Crippen LogP contribution in [0.1, 0.15) is 11.3 Å². The van der Waals surface area contributed by atoms with E-state index in [1.165, 1.54) is 5.69 Å². The Labute approximate surface area is 137 Å². The van der Waals surface area contributed by atoms with E-state index >= 15 is 0 Å². The first kappa shape index (κ1) is 19.0. The number of hydrogen-bond donors (Lipinski definition) is 0. The summed E-state index contributed by atoms with van der Waals surface area (Å²) in [5, 5.41) is 4.43. The second kappa shape index (κ2) is 8.56. The third-order valence-corrected chi connectivity index (χ3v) is 2.78. The maximum absolute atomic E-state index is 8.49. The fourth-order valence-corrected chi connectivity index (χ4v) is 1.64. The Hall–Kier alpha value is -2.03. The predicted octanol–water partition coefficient (Wildman–Crippen LogP) is -2.53. The maximum Gasteiger partial charge on any atom is 0.211 e. The molecular formula is C15H18ClN3O4. The van der Waals surface area contributed by atoms with Crippen LogP contribution in [0.25, 0.3) is 0 Å². The lowest BCUT2D eigenvalue weighted by molar-refractivity contribution is -2.00. The first-order chi connectivity index (χ1) is 10.7. The van der Waals surface area contributed by atoms with Crippen LogP contribution in [0.3, 0.4) is 0 Å². The molecule has 7 nitrogen and oxygen atoms in total. The minimum absolute atomic E-state index is 1.09. The van der Waals surface area contributed by atoms with Crippen LogP contribution in [0, 0.1) is 17.2 Å². The largest absolute Gasteiger partial charge is 0.378 e. The number of nitrogens with zero attached hydrogens (tertiary/aromatic N) is 3.